The average molecular weight is 448 g/mol. The summed E-state index contributed by atoms with van der Waals surface area (Å²) in [4.78, 5) is 17.3. The van der Waals surface area contributed by atoms with Crippen molar-refractivity contribution in [1.29, 1.82) is 0 Å². The first kappa shape index (κ1) is 23.3. The second-order valence-electron chi connectivity index (χ2n) is 9.44. The molecule has 0 spiro atoms. The average Bonchev–Trinajstić information content (AvgIpc) is 3.20. The lowest BCUT2D eigenvalue weighted by atomic mass is 9.89. The quantitative estimate of drug-likeness (QED) is 0.396. The molecule has 0 atom stereocenters. The third-order valence-electron chi connectivity index (χ3n) is 6.70. The Bertz CT molecular complexity index is 1050. The van der Waals surface area contributed by atoms with Crippen molar-refractivity contribution in [2.24, 2.45) is 5.92 Å². The second kappa shape index (κ2) is 11.4. The number of amides is 1. The summed E-state index contributed by atoms with van der Waals surface area (Å²) in [5.74, 6) is 2.90. The summed E-state index contributed by atoms with van der Waals surface area (Å²) in [6.07, 6.45) is 7.45. The van der Waals surface area contributed by atoms with Gasteiger partial charge in [0.2, 0.25) is 5.91 Å². The van der Waals surface area contributed by atoms with E-state index in [4.69, 9.17) is 9.72 Å². The van der Waals surface area contributed by atoms with Crippen molar-refractivity contribution in [3.05, 3.63) is 59.9 Å². The fourth-order valence-electron chi connectivity index (χ4n) is 4.87. The third-order valence-corrected chi connectivity index (χ3v) is 6.70. The second-order valence-corrected chi connectivity index (χ2v) is 9.44. The number of nitrogens with zero attached hydrogens (tertiary/aromatic N) is 2. The number of rotatable bonds is 10. The minimum atomic E-state index is 0.217. The topological polar surface area (TPSA) is 56.1 Å². The Balaban J connectivity index is 1.36. The molecule has 2 aromatic carbocycles. The van der Waals surface area contributed by atoms with E-state index < -0.39 is 0 Å². The molecule has 1 amide bonds. The number of ether oxygens (including phenoxy) is 1. The molecule has 5 heteroatoms. The molecule has 1 aliphatic rings. The van der Waals surface area contributed by atoms with Gasteiger partial charge in [0.25, 0.3) is 0 Å². The highest BCUT2D eigenvalue weighted by atomic mass is 16.5. The first-order valence-corrected chi connectivity index (χ1v) is 12.6. The van der Waals surface area contributed by atoms with Crippen molar-refractivity contribution in [1.82, 2.24) is 14.9 Å². The molecule has 3 aromatic rings. The molecule has 0 unspecified atom stereocenters. The lowest BCUT2D eigenvalue weighted by molar-refractivity contribution is -0.125. The first-order valence-electron chi connectivity index (χ1n) is 12.6. The van der Waals surface area contributed by atoms with Gasteiger partial charge < -0.3 is 14.6 Å². The number of aryl methyl sites for hydroxylation is 1. The Morgan fingerprint density at radius 2 is 1.85 bits per heavy atom. The normalized spacial score (nSPS) is 14.6. The van der Waals surface area contributed by atoms with Crippen LogP contribution in [0.1, 0.15) is 69.7 Å². The maximum Gasteiger partial charge on any atom is 0.223 e. The highest BCUT2D eigenvalue weighted by molar-refractivity contribution is 5.78. The van der Waals surface area contributed by atoms with Gasteiger partial charge >= 0.3 is 0 Å². The van der Waals surface area contributed by atoms with Gasteiger partial charge in [0.1, 0.15) is 18.2 Å². The van der Waals surface area contributed by atoms with Gasteiger partial charge in [-0.2, -0.15) is 0 Å². The number of hydrogen-bond donors (Lipinski definition) is 1. The summed E-state index contributed by atoms with van der Waals surface area (Å²) in [6.45, 7) is 6.43. The Hall–Kier alpha value is -2.82. The highest BCUT2D eigenvalue weighted by Crippen LogP contribution is 2.26. The number of carbonyl (C=O) groups excluding carboxylic acids is 1. The number of aromatic nitrogens is 2. The van der Waals surface area contributed by atoms with E-state index in [9.17, 15) is 4.79 Å². The molecule has 33 heavy (non-hydrogen) atoms. The van der Waals surface area contributed by atoms with Crippen molar-refractivity contribution in [3.63, 3.8) is 0 Å². The molecular formula is C28H37N3O2. The fraction of sp³-hybridized carbons (Fsp3) is 0.500. The predicted octanol–water partition coefficient (Wildman–Crippen LogP) is 5.87. The molecule has 1 saturated carbocycles. The minimum absolute atomic E-state index is 0.217. The molecular weight excluding hydrogens is 410 g/mol. The molecule has 176 valence electrons. The Labute approximate surface area is 197 Å². The van der Waals surface area contributed by atoms with Crippen molar-refractivity contribution in [2.45, 2.75) is 71.3 Å². The van der Waals surface area contributed by atoms with Gasteiger partial charge in [0.15, 0.2) is 0 Å². The minimum Gasteiger partial charge on any atom is -0.491 e. The van der Waals surface area contributed by atoms with Gasteiger partial charge in [0, 0.05) is 18.9 Å². The molecule has 0 saturated heterocycles. The molecule has 1 N–H and O–H groups in total. The fourth-order valence-corrected chi connectivity index (χ4v) is 4.87. The van der Waals surface area contributed by atoms with Crippen LogP contribution >= 0.6 is 0 Å². The lowest BCUT2D eigenvalue weighted by Crippen LogP contribution is -2.32. The molecule has 1 fully saturated rings. The van der Waals surface area contributed by atoms with E-state index in [-0.39, 0.29) is 11.8 Å². The maximum atomic E-state index is 12.4. The zero-order chi connectivity index (χ0) is 23.0. The van der Waals surface area contributed by atoms with Crippen LogP contribution in [0.25, 0.3) is 11.0 Å². The number of para-hydroxylation sites is 3. The van der Waals surface area contributed by atoms with Crippen molar-refractivity contribution in [3.8, 4) is 5.75 Å². The number of imidazole rings is 1. The number of fused-ring (bicyclic) bond motifs is 1. The van der Waals surface area contributed by atoms with E-state index in [0.717, 1.165) is 54.8 Å². The number of benzene rings is 2. The monoisotopic (exact) mass is 447 g/mol. The van der Waals surface area contributed by atoms with Gasteiger partial charge in [-0.1, -0.05) is 63.4 Å². The van der Waals surface area contributed by atoms with Crippen LogP contribution in [-0.2, 0) is 17.8 Å². The molecule has 4 rings (SSSR count). The summed E-state index contributed by atoms with van der Waals surface area (Å²) in [5.41, 5.74) is 3.39. The van der Waals surface area contributed by atoms with Crippen molar-refractivity contribution >= 4 is 16.9 Å². The van der Waals surface area contributed by atoms with Crippen LogP contribution in [-0.4, -0.2) is 28.6 Å². The number of hydrogen-bond acceptors (Lipinski definition) is 3. The summed E-state index contributed by atoms with van der Waals surface area (Å²) in [5, 5.41) is 3.16. The maximum absolute atomic E-state index is 12.4. The largest absolute Gasteiger partial charge is 0.491 e. The van der Waals surface area contributed by atoms with E-state index in [1.165, 1.54) is 24.8 Å². The van der Waals surface area contributed by atoms with Crippen LogP contribution in [0.5, 0.6) is 5.75 Å². The van der Waals surface area contributed by atoms with E-state index >= 15 is 0 Å². The van der Waals surface area contributed by atoms with Gasteiger partial charge in [0.05, 0.1) is 17.6 Å². The van der Waals surface area contributed by atoms with Gasteiger partial charge in [-0.05, 0) is 48.9 Å². The molecule has 0 aliphatic heterocycles. The summed E-state index contributed by atoms with van der Waals surface area (Å²) in [6, 6.07) is 16.6. The van der Waals surface area contributed by atoms with Crippen LogP contribution < -0.4 is 10.1 Å². The van der Waals surface area contributed by atoms with E-state index in [2.05, 4.69) is 60.1 Å². The third kappa shape index (κ3) is 5.95. The van der Waals surface area contributed by atoms with Gasteiger partial charge in [-0.25, -0.2) is 4.98 Å². The van der Waals surface area contributed by atoms with Crippen molar-refractivity contribution < 1.29 is 9.53 Å². The molecule has 0 radical (unpaired) electrons. The van der Waals surface area contributed by atoms with E-state index in [1.807, 2.05) is 12.1 Å². The van der Waals surface area contributed by atoms with E-state index in [0.29, 0.717) is 19.1 Å². The highest BCUT2D eigenvalue weighted by Gasteiger charge is 2.20. The lowest BCUT2D eigenvalue weighted by Gasteiger charge is -2.20. The van der Waals surface area contributed by atoms with Gasteiger partial charge in [-0.3, -0.25) is 4.79 Å². The SMILES string of the molecule is CC(C)c1ccccc1OCCn1c(CCCNC(=O)C2CCCCC2)nc2ccccc21. The summed E-state index contributed by atoms with van der Waals surface area (Å²) >= 11 is 0. The van der Waals surface area contributed by atoms with Crippen LogP contribution in [0, 0.1) is 5.92 Å². The smallest absolute Gasteiger partial charge is 0.223 e. The molecule has 0 bridgehead atoms. The predicted molar refractivity (Wildman–Crippen MR) is 134 cm³/mol. The summed E-state index contributed by atoms with van der Waals surface area (Å²) < 4.78 is 8.47. The zero-order valence-electron chi connectivity index (χ0n) is 20.1. The number of nitrogens with one attached hydrogen (secondary N) is 1. The van der Waals surface area contributed by atoms with Crippen LogP contribution in [0.2, 0.25) is 0 Å². The van der Waals surface area contributed by atoms with E-state index in [1.54, 1.807) is 0 Å². The molecule has 1 aromatic heterocycles. The Morgan fingerprint density at radius 3 is 2.67 bits per heavy atom. The standard InChI is InChI=1S/C28H37N3O2/c1-21(2)23-13-6-9-16-26(23)33-20-19-31-25-15-8-7-14-24(25)30-27(31)17-10-18-29-28(32)22-11-4-3-5-12-22/h6-9,13-16,21-22H,3-5,10-12,17-20H2,1-2H3,(H,29,32). The van der Waals surface area contributed by atoms with Crippen LogP contribution in [0.15, 0.2) is 48.5 Å². The molecule has 5 nitrogen and oxygen atoms in total. The summed E-state index contributed by atoms with van der Waals surface area (Å²) in [7, 11) is 0. The Kier molecular flexibility index (Phi) is 8.03. The first-order chi connectivity index (χ1) is 16.1. The zero-order valence-corrected chi connectivity index (χ0v) is 20.1. The van der Waals surface area contributed by atoms with Crippen LogP contribution in [0.4, 0.5) is 0 Å². The van der Waals surface area contributed by atoms with Gasteiger partial charge in [-0.15, -0.1) is 0 Å². The van der Waals surface area contributed by atoms with Crippen LogP contribution in [0.3, 0.4) is 0 Å². The van der Waals surface area contributed by atoms with Crippen molar-refractivity contribution in [2.75, 3.05) is 13.2 Å². The molecule has 1 aliphatic carbocycles. The molecule has 1 heterocycles. The Morgan fingerprint density at radius 1 is 1.09 bits per heavy atom. The number of carbonyl (C=O) groups is 1.